The topological polar surface area (TPSA) is 38.3 Å². The van der Waals surface area contributed by atoms with E-state index in [0.29, 0.717) is 13.0 Å². The molecule has 0 saturated carbocycles. The van der Waals surface area contributed by atoms with Crippen molar-refractivity contribution in [1.82, 2.24) is 5.32 Å². The van der Waals surface area contributed by atoms with E-state index in [2.05, 4.69) is 11.9 Å². The van der Waals surface area contributed by atoms with Crippen LogP contribution in [0, 0.1) is 5.92 Å². The molecule has 3 nitrogen and oxygen atoms in total. The van der Waals surface area contributed by atoms with E-state index in [-0.39, 0.29) is 18.1 Å². The zero-order chi connectivity index (χ0) is 8.27. The molecular formula is C8H13NO2. The lowest BCUT2D eigenvalue weighted by molar-refractivity contribution is -0.152. The fourth-order valence-corrected chi connectivity index (χ4v) is 1.14. The van der Waals surface area contributed by atoms with Gasteiger partial charge in [-0.15, -0.1) is 6.58 Å². The zero-order valence-electron chi connectivity index (χ0n) is 6.67. The average Bonchev–Trinajstić information content (AvgIpc) is 2.00. The molecule has 0 spiro atoms. The van der Waals surface area contributed by atoms with E-state index in [4.69, 9.17) is 4.74 Å². The lowest BCUT2D eigenvalue weighted by Gasteiger charge is -2.35. The third-order valence-electron chi connectivity index (χ3n) is 1.75. The molecule has 2 atom stereocenters. The largest absolute Gasteiger partial charge is 0.358 e. The molecule has 0 aromatic carbocycles. The molecule has 0 aromatic rings. The molecule has 0 radical (unpaired) electrons. The molecule has 62 valence electrons. The van der Waals surface area contributed by atoms with E-state index in [9.17, 15) is 4.79 Å². The van der Waals surface area contributed by atoms with Crippen molar-refractivity contribution in [3.8, 4) is 0 Å². The number of carbonyl (C=O) groups excluding carboxylic acids is 1. The van der Waals surface area contributed by atoms with Crippen molar-refractivity contribution < 1.29 is 9.53 Å². The first-order valence-electron chi connectivity index (χ1n) is 3.82. The van der Waals surface area contributed by atoms with Crippen LogP contribution in [0.15, 0.2) is 12.7 Å². The molecule has 1 N–H and O–H groups in total. The van der Waals surface area contributed by atoms with E-state index in [1.54, 1.807) is 6.08 Å². The molecule has 0 unspecified atom stereocenters. The van der Waals surface area contributed by atoms with Gasteiger partial charge in [0.2, 0.25) is 5.91 Å². The Hall–Kier alpha value is -0.830. The molecule has 1 amide bonds. The predicted molar refractivity (Wildman–Crippen MR) is 41.9 cm³/mol. The van der Waals surface area contributed by atoms with Crippen LogP contribution in [0.3, 0.4) is 0 Å². The third-order valence-corrected chi connectivity index (χ3v) is 1.75. The maximum atomic E-state index is 10.9. The second-order valence-electron chi connectivity index (χ2n) is 2.52. The zero-order valence-corrected chi connectivity index (χ0v) is 6.67. The van der Waals surface area contributed by atoms with Crippen LogP contribution in [-0.2, 0) is 9.53 Å². The summed E-state index contributed by atoms with van der Waals surface area (Å²) in [6, 6.07) is 0. The van der Waals surface area contributed by atoms with Crippen LogP contribution in [0.4, 0.5) is 0 Å². The van der Waals surface area contributed by atoms with E-state index < -0.39 is 0 Å². The molecular weight excluding hydrogens is 142 g/mol. The molecule has 1 aliphatic heterocycles. The van der Waals surface area contributed by atoms with E-state index in [1.165, 1.54) is 0 Å². The summed E-state index contributed by atoms with van der Waals surface area (Å²) in [5, 5.41) is 2.67. The summed E-state index contributed by atoms with van der Waals surface area (Å²) < 4.78 is 5.23. The maximum Gasteiger partial charge on any atom is 0.229 e. The van der Waals surface area contributed by atoms with E-state index in [0.717, 1.165) is 0 Å². The molecule has 0 bridgehead atoms. The van der Waals surface area contributed by atoms with Crippen molar-refractivity contribution in [2.45, 2.75) is 19.6 Å². The van der Waals surface area contributed by atoms with Gasteiger partial charge >= 0.3 is 0 Å². The summed E-state index contributed by atoms with van der Waals surface area (Å²) in [5.41, 5.74) is 0. The predicted octanol–water partition coefficient (Wildman–Crippen LogP) is 0.671. The minimum atomic E-state index is -0.0782. The number of allylic oxidation sites excluding steroid dienone is 1. The number of carbonyl (C=O) groups is 1. The number of rotatable bonds is 4. The Labute approximate surface area is 66.4 Å². The van der Waals surface area contributed by atoms with Crippen molar-refractivity contribution in [3.63, 3.8) is 0 Å². The lowest BCUT2D eigenvalue weighted by Crippen LogP contribution is -2.59. The molecule has 1 fully saturated rings. The third kappa shape index (κ3) is 1.60. The number of β-lactam (4-membered cyclic amide) rings is 1. The van der Waals surface area contributed by atoms with Gasteiger partial charge in [-0.3, -0.25) is 4.79 Å². The minimum Gasteiger partial charge on any atom is -0.358 e. The average molecular weight is 155 g/mol. The number of hydrogen-bond donors (Lipinski definition) is 1. The van der Waals surface area contributed by atoms with Crippen LogP contribution < -0.4 is 5.32 Å². The molecule has 0 aliphatic carbocycles. The van der Waals surface area contributed by atoms with Crippen molar-refractivity contribution in [3.05, 3.63) is 12.7 Å². The molecule has 1 rings (SSSR count). The highest BCUT2D eigenvalue weighted by atomic mass is 16.5. The Morgan fingerprint density at radius 3 is 3.00 bits per heavy atom. The van der Waals surface area contributed by atoms with Crippen LogP contribution in [0.1, 0.15) is 13.3 Å². The quantitative estimate of drug-likeness (QED) is 0.478. The summed E-state index contributed by atoms with van der Waals surface area (Å²) in [6.07, 6.45) is 2.37. The van der Waals surface area contributed by atoms with E-state index in [1.807, 2.05) is 6.92 Å². The Bertz CT molecular complexity index is 167. The van der Waals surface area contributed by atoms with E-state index >= 15 is 0 Å². The summed E-state index contributed by atoms with van der Waals surface area (Å²) in [7, 11) is 0. The molecule has 11 heavy (non-hydrogen) atoms. The molecule has 0 aromatic heterocycles. The first kappa shape index (κ1) is 8.27. The van der Waals surface area contributed by atoms with Gasteiger partial charge in [0.1, 0.15) is 6.23 Å². The Balaban J connectivity index is 2.34. The van der Waals surface area contributed by atoms with Crippen molar-refractivity contribution in [2.24, 2.45) is 5.92 Å². The summed E-state index contributed by atoms with van der Waals surface area (Å²) in [6.45, 7) is 6.13. The van der Waals surface area contributed by atoms with Gasteiger partial charge < -0.3 is 10.1 Å². The Morgan fingerprint density at radius 1 is 1.82 bits per heavy atom. The molecule has 1 saturated heterocycles. The van der Waals surface area contributed by atoms with Crippen molar-refractivity contribution >= 4 is 5.91 Å². The fourth-order valence-electron chi connectivity index (χ4n) is 1.14. The van der Waals surface area contributed by atoms with Crippen LogP contribution >= 0.6 is 0 Å². The highest BCUT2D eigenvalue weighted by molar-refractivity contribution is 5.85. The second-order valence-corrected chi connectivity index (χ2v) is 2.52. The monoisotopic (exact) mass is 155 g/mol. The van der Waals surface area contributed by atoms with Crippen LogP contribution in [-0.4, -0.2) is 18.7 Å². The van der Waals surface area contributed by atoms with Gasteiger partial charge in [-0.1, -0.05) is 6.08 Å². The highest BCUT2D eigenvalue weighted by Crippen LogP contribution is 2.19. The second kappa shape index (κ2) is 3.53. The van der Waals surface area contributed by atoms with Gasteiger partial charge in [-0.05, 0) is 13.3 Å². The smallest absolute Gasteiger partial charge is 0.229 e. The van der Waals surface area contributed by atoms with Gasteiger partial charge in [0.15, 0.2) is 0 Å². The highest BCUT2D eigenvalue weighted by Gasteiger charge is 2.38. The Morgan fingerprint density at radius 2 is 2.55 bits per heavy atom. The van der Waals surface area contributed by atoms with Gasteiger partial charge in [-0.25, -0.2) is 0 Å². The Kier molecular flexibility index (Phi) is 2.65. The first-order chi connectivity index (χ1) is 5.29. The minimum absolute atomic E-state index is 0.00699. The molecule has 1 heterocycles. The van der Waals surface area contributed by atoms with Crippen LogP contribution in [0.5, 0.6) is 0 Å². The van der Waals surface area contributed by atoms with Crippen molar-refractivity contribution in [2.75, 3.05) is 6.61 Å². The normalized spacial score (nSPS) is 29.0. The maximum absolute atomic E-state index is 10.9. The standard InChI is InChI=1S/C8H13NO2/c1-3-5-6-7(10)9-8(6)11-4-2/h3,6,8H,1,4-5H2,2H3,(H,9,10)/t6-,8+/m0/s1. The number of ether oxygens (including phenoxy) is 1. The number of nitrogens with one attached hydrogen (secondary N) is 1. The SMILES string of the molecule is C=CC[C@H]1C(=O)N[C@@H]1OCC. The number of hydrogen-bond acceptors (Lipinski definition) is 2. The van der Waals surface area contributed by atoms with Crippen molar-refractivity contribution in [1.29, 1.82) is 0 Å². The first-order valence-corrected chi connectivity index (χ1v) is 3.82. The molecule has 3 heteroatoms. The summed E-state index contributed by atoms with van der Waals surface area (Å²) in [5.74, 6) is 0.0656. The van der Waals surface area contributed by atoms with Crippen LogP contribution in [0.25, 0.3) is 0 Å². The van der Waals surface area contributed by atoms with Gasteiger partial charge in [0, 0.05) is 6.61 Å². The van der Waals surface area contributed by atoms with Gasteiger partial charge in [0.25, 0.3) is 0 Å². The lowest BCUT2D eigenvalue weighted by atomic mass is 9.95. The summed E-state index contributed by atoms with van der Waals surface area (Å²) >= 11 is 0. The van der Waals surface area contributed by atoms with Gasteiger partial charge in [0.05, 0.1) is 5.92 Å². The summed E-state index contributed by atoms with van der Waals surface area (Å²) in [4.78, 5) is 10.9. The number of amides is 1. The van der Waals surface area contributed by atoms with Crippen LogP contribution in [0.2, 0.25) is 0 Å². The fraction of sp³-hybridized carbons (Fsp3) is 0.625. The van der Waals surface area contributed by atoms with Gasteiger partial charge in [-0.2, -0.15) is 0 Å². The molecule has 1 aliphatic rings.